The van der Waals surface area contributed by atoms with Crippen LogP contribution in [-0.4, -0.2) is 38.0 Å². The fraction of sp³-hybridized carbons (Fsp3) is 0.350. The maximum atomic E-state index is 12.8. The third kappa shape index (κ3) is 3.84. The standard InChI is InChI=1S/C20H19F3N2O2S/c21-20(22,23)15-3-1-14(2-4-15)19-25(18(26)13-28-19)17-7-5-16(6-8-17)24-9-11-27-12-10-24/h1-8,19H,9-13H2. The minimum absolute atomic E-state index is 0.0472. The van der Waals surface area contributed by atoms with Crippen LogP contribution in [0.3, 0.4) is 0 Å². The van der Waals surface area contributed by atoms with Crippen LogP contribution in [0.25, 0.3) is 0 Å². The monoisotopic (exact) mass is 408 g/mol. The molecule has 2 saturated heterocycles. The highest BCUT2D eigenvalue weighted by atomic mass is 32.2. The Hall–Kier alpha value is -2.19. The Kier molecular flexibility index (Phi) is 5.25. The Bertz CT molecular complexity index is 834. The zero-order valence-corrected chi connectivity index (χ0v) is 15.8. The van der Waals surface area contributed by atoms with Crippen LogP contribution in [0.15, 0.2) is 48.5 Å². The van der Waals surface area contributed by atoms with Crippen molar-refractivity contribution in [1.82, 2.24) is 0 Å². The maximum absolute atomic E-state index is 12.8. The van der Waals surface area contributed by atoms with E-state index in [0.717, 1.165) is 36.6 Å². The molecule has 0 N–H and O–H groups in total. The summed E-state index contributed by atoms with van der Waals surface area (Å²) >= 11 is 1.42. The molecule has 2 fully saturated rings. The highest BCUT2D eigenvalue weighted by Gasteiger charge is 2.35. The fourth-order valence-corrected chi connectivity index (χ4v) is 4.61. The third-order valence-electron chi connectivity index (χ3n) is 4.90. The number of hydrogen-bond donors (Lipinski definition) is 0. The normalized spacial score (nSPS) is 20.7. The number of anilines is 2. The molecule has 1 amide bonds. The van der Waals surface area contributed by atoms with Crippen LogP contribution in [-0.2, 0) is 15.7 Å². The maximum Gasteiger partial charge on any atom is 0.416 e. The van der Waals surface area contributed by atoms with E-state index in [2.05, 4.69) is 4.90 Å². The van der Waals surface area contributed by atoms with Gasteiger partial charge >= 0.3 is 6.18 Å². The molecular weight excluding hydrogens is 389 g/mol. The van der Waals surface area contributed by atoms with Gasteiger partial charge in [0.05, 0.1) is 24.5 Å². The largest absolute Gasteiger partial charge is 0.416 e. The van der Waals surface area contributed by atoms with E-state index in [1.165, 1.54) is 23.9 Å². The number of ether oxygens (including phenoxy) is 1. The smallest absolute Gasteiger partial charge is 0.378 e. The van der Waals surface area contributed by atoms with Crippen molar-refractivity contribution in [2.45, 2.75) is 11.6 Å². The van der Waals surface area contributed by atoms with Crippen LogP contribution in [0.5, 0.6) is 0 Å². The van der Waals surface area contributed by atoms with Crippen molar-refractivity contribution < 1.29 is 22.7 Å². The minimum Gasteiger partial charge on any atom is -0.378 e. The van der Waals surface area contributed by atoms with Gasteiger partial charge in [0.1, 0.15) is 5.37 Å². The van der Waals surface area contributed by atoms with Crippen molar-refractivity contribution in [3.63, 3.8) is 0 Å². The second-order valence-corrected chi connectivity index (χ2v) is 7.73. The number of morpholine rings is 1. The first-order valence-corrected chi connectivity index (χ1v) is 10.0. The number of carbonyl (C=O) groups excluding carboxylic acids is 1. The molecule has 2 aliphatic heterocycles. The Balaban J connectivity index is 1.56. The van der Waals surface area contributed by atoms with Gasteiger partial charge in [0, 0.05) is 24.5 Å². The average Bonchev–Trinajstić information content (AvgIpc) is 3.10. The number of hydrogen-bond acceptors (Lipinski definition) is 4. The van der Waals surface area contributed by atoms with Gasteiger partial charge in [-0.25, -0.2) is 0 Å². The molecule has 4 nitrogen and oxygen atoms in total. The van der Waals surface area contributed by atoms with Crippen LogP contribution >= 0.6 is 11.8 Å². The molecule has 0 radical (unpaired) electrons. The van der Waals surface area contributed by atoms with Crippen LogP contribution in [0, 0.1) is 0 Å². The number of carbonyl (C=O) groups is 1. The summed E-state index contributed by atoms with van der Waals surface area (Å²) in [7, 11) is 0. The molecule has 0 saturated carbocycles. The van der Waals surface area contributed by atoms with E-state index in [1.807, 2.05) is 24.3 Å². The lowest BCUT2D eigenvalue weighted by Gasteiger charge is -2.30. The van der Waals surface area contributed by atoms with Gasteiger partial charge < -0.3 is 9.64 Å². The van der Waals surface area contributed by atoms with Gasteiger partial charge in [-0.15, -0.1) is 11.8 Å². The molecule has 148 valence electrons. The summed E-state index contributed by atoms with van der Waals surface area (Å²) in [5, 5.41) is -0.330. The molecule has 1 unspecified atom stereocenters. The second-order valence-electron chi connectivity index (χ2n) is 6.66. The zero-order chi connectivity index (χ0) is 19.7. The first-order chi connectivity index (χ1) is 13.4. The molecule has 4 rings (SSSR count). The number of alkyl halides is 3. The fourth-order valence-electron chi connectivity index (χ4n) is 3.43. The van der Waals surface area contributed by atoms with Crippen molar-refractivity contribution in [2.75, 3.05) is 41.9 Å². The Morgan fingerprint density at radius 2 is 1.54 bits per heavy atom. The lowest BCUT2D eigenvalue weighted by molar-refractivity contribution is -0.137. The zero-order valence-electron chi connectivity index (χ0n) is 15.0. The Morgan fingerprint density at radius 3 is 2.14 bits per heavy atom. The summed E-state index contributed by atoms with van der Waals surface area (Å²) in [6.45, 7) is 3.04. The van der Waals surface area contributed by atoms with E-state index in [1.54, 1.807) is 4.90 Å². The van der Waals surface area contributed by atoms with E-state index in [-0.39, 0.29) is 11.3 Å². The summed E-state index contributed by atoms with van der Waals surface area (Å²) in [6, 6.07) is 12.8. The highest BCUT2D eigenvalue weighted by molar-refractivity contribution is 8.00. The molecule has 0 aliphatic carbocycles. The molecule has 0 spiro atoms. The molecule has 8 heteroatoms. The van der Waals surface area contributed by atoms with E-state index in [0.29, 0.717) is 24.5 Å². The molecule has 0 aromatic heterocycles. The molecule has 2 aliphatic rings. The molecule has 28 heavy (non-hydrogen) atoms. The number of thioether (sulfide) groups is 1. The number of amides is 1. The average molecular weight is 408 g/mol. The summed E-state index contributed by atoms with van der Waals surface area (Å²) in [4.78, 5) is 16.4. The Labute approximate surface area is 165 Å². The van der Waals surface area contributed by atoms with Gasteiger partial charge in [0.2, 0.25) is 5.91 Å². The quantitative estimate of drug-likeness (QED) is 0.757. The van der Waals surface area contributed by atoms with E-state index in [4.69, 9.17) is 4.74 Å². The Morgan fingerprint density at radius 1 is 0.929 bits per heavy atom. The number of nitrogens with zero attached hydrogens (tertiary/aromatic N) is 2. The molecular formula is C20H19F3N2O2S. The summed E-state index contributed by atoms with van der Waals surface area (Å²) in [5.41, 5.74) is 1.81. The SMILES string of the molecule is O=C1CSC(c2ccc(C(F)(F)F)cc2)N1c1ccc(N2CCOCC2)cc1. The first kappa shape index (κ1) is 19.1. The van der Waals surface area contributed by atoms with Gasteiger partial charge in [-0.3, -0.25) is 9.69 Å². The van der Waals surface area contributed by atoms with Crippen LogP contribution < -0.4 is 9.80 Å². The van der Waals surface area contributed by atoms with Gasteiger partial charge in [-0.2, -0.15) is 13.2 Å². The lowest BCUT2D eigenvalue weighted by atomic mass is 10.1. The second kappa shape index (κ2) is 7.67. The molecule has 2 aromatic carbocycles. The van der Waals surface area contributed by atoms with Gasteiger partial charge in [0.15, 0.2) is 0 Å². The predicted octanol–water partition coefficient (Wildman–Crippen LogP) is 4.32. The van der Waals surface area contributed by atoms with E-state index in [9.17, 15) is 18.0 Å². The van der Waals surface area contributed by atoms with E-state index >= 15 is 0 Å². The third-order valence-corrected chi connectivity index (χ3v) is 6.11. The molecule has 2 aromatic rings. The van der Waals surface area contributed by atoms with Crippen molar-refractivity contribution >= 4 is 29.0 Å². The summed E-state index contributed by atoms with van der Waals surface area (Å²) in [6.07, 6.45) is -4.37. The first-order valence-electron chi connectivity index (χ1n) is 8.97. The van der Waals surface area contributed by atoms with Crippen molar-refractivity contribution in [1.29, 1.82) is 0 Å². The summed E-state index contributed by atoms with van der Waals surface area (Å²) in [5.74, 6) is 0.255. The molecule has 1 atom stereocenters. The molecule has 0 bridgehead atoms. The topological polar surface area (TPSA) is 32.8 Å². The number of benzene rings is 2. The highest BCUT2D eigenvalue weighted by Crippen LogP contribution is 2.42. The number of rotatable bonds is 3. The molecule has 2 heterocycles. The van der Waals surface area contributed by atoms with E-state index < -0.39 is 11.7 Å². The summed E-state index contributed by atoms with van der Waals surface area (Å²) < 4.78 is 43.8. The number of halogens is 3. The van der Waals surface area contributed by atoms with Gasteiger partial charge in [-0.1, -0.05) is 12.1 Å². The van der Waals surface area contributed by atoms with Crippen LogP contribution in [0.2, 0.25) is 0 Å². The lowest BCUT2D eigenvalue weighted by Crippen LogP contribution is -2.36. The van der Waals surface area contributed by atoms with Crippen LogP contribution in [0.4, 0.5) is 24.5 Å². The van der Waals surface area contributed by atoms with Crippen molar-refractivity contribution in [2.24, 2.45) is 0 Å². The van der Waals surface area contributed by atoms with Crippen molar-refractivity contribution in [3.8, 4) is 0 Å². The van der Waals surface area contributed by atoms with Crippen LogP contribution in [0.1, 0.15) is 16.5 Å². The predicted molar refractivity (Wildman–Crippen MR) is 104 cm³/mol. The van der Waals surface area contributed by atoms with Gasteiger partial charge in [0.25, 0.3) is 0 Å². The van der Waals surface area contributed by atoms with Crippen molar-refractivity contribution in [3.05, 3.63) is 59.7 Å². The van der Waals surface area contributed by atoms with Gasteiger partial charge in [-0.05, 0) is 42.0 Å². The minimum atomic E-state index is -4.37.